The van der Waals surface area contributed by atoms with Crippen LogP contribution in [0.15, 0.2) is 30.9 Å². The zero-order valence-electron chi connectivity index (χ0n) is 10.6. The number of hydrogen-bond donors (Lipinski definition) is 2. The van der Waals surface area contributed by atoms with Crippen LogP contribution in [0, 0.1) is 12.7 Å². The fraction of sp³-hybridized carbons (Fsp3) is 0.286. The van der Waals surface area contributed by atoms with Gasteiger partial charge in [0.25, 0.3) is 5.91 Å². The quantitative estimate of drug-likeness (QED) is 0.775. The molecule has 0 heterocycles. The third kappa shape index (κ3) is 4.21. The zero-order chi connectivity index (χ0) is 14.4. The number of carbonyl (C=O) groups is 2. The molecule has 0 spiro atoms. The smallest absolute Gasteiger partial charge is 0.326 e. The summed E-state index contributed by atoms with van der Waals surface area (Å²) in [4.78, 5) is 22.9. The number of nitrogens with one attached hydrogen (secondary N) is 1. The molecule has 1 unspecified atom stereocenters. The molecule has 1 aromatic rings. The van der Waals surface area contributed by atoms with Crippen LogP contribution >= 0.6 is 0 Å². The number of rotatable bonds is 6. The van der Waals surface area contributed by atoms with E-state index >= 15 is 0 Å². The Labute approximate surface area is 110 Å². The largest absolute Gasteiger partial charge is 0.480 e. The molecule has 0 aliphatic rings. The van der Waals surface area contributed by atoms with Crippen molar-refractivity contribution in [2.24, 2.45) is 0 Å². The lowest BCUT2D eigenvalue weighted by molar-refractivity contribution is -0.139. The van der Waals surface area contributed by atoms with Gasteiger partial charge in [-0.25, -0.2) is 9.18 Å². The van der Waals surface area contributed by atoms with Crippen LogP contribution in [-0.2, 0) is 4.79 Å². The van der Waals surface area contributed by atoms with E-state index in [0.717, 1.165) is 0 Å². The van der Waals surface area contributed by atoms with Gasteiger partial charge in [0.15, 0.2) is 0 Å². The highest BCUT2D eigenvalue weighted by molar-refractivity contribution is 5.97. The Balaban J connectivity index is 2.81. The molecule has 4 nitrogen and oxygen atoms in total. The number of amides is 1. The predicted molar refractivity (Wildman–Crippen MR) is 69.5 cm³/mol. The lowest BCUT2D eigenvalue weighted by Crippen LogP contribution is -2.40. The average Bonchev–Trinajstić information content (AvgIpc) is 2.33. The summed E-state index contributed by atoms with van der Waals surface area (Å²) in [6.45, 7) is 5.10. The van der Waals surface area contributed by atoms with E-state index in [-0.39, 0.29) is 12.0 Å². The number of aliphatic carboxylic acids is 1. The van der Waals surface area contributed by atoms with Gasteiger partial charge in [-0.3, -0.25) is 4.79 Å². The lowest BCUT2D eigenvalue weighted by Gasteiger charge is -2.14. The first-order valence-electron chi connectivity index (χ1n) is 5.86. The molecule has 5 heteroatoms. The Morgan fingerprint density at radius 3 is 2.74 bits per heavy atom. The molecule has 19 heavy (non-hydrogen) atoms. The zero-order valence-corrected chi connectivity index (χ0v) is 10.6. The standard InChI is InChI=1S/C14H16FNO3/c1-3-4-5-12(14(18)19)16-13(17)11-7-6-10(15)8-9(11)2/h3,6-8,12H,1,4-5H2,2H3,(H,16,17)(H,18,19). The number of allylic oxidation sites excluding steroid dienone is 1. The van der Waals surface area contributed by atoms with Gasteiger partial charge < -0.3 is 10.4 Å². The summed E-state index contributed by atoms with van der Waals surface area (Å²) in [5.41, 5.74) is 0.733. The molecule has 102 valence electrons. The molecule has 1 rings (SSSR count). The summed E-state index contributed by atoms with van der Waals surface area (Å²) in [6, 6.07) is 2.76. The fourth-order valence-corrected chi connectivity index (χ4v) is 1.66. The molecule has 1 amide bonds. The van der Waals surface area contributed by atoms with Crippen LogP contribution in [0.2, 0.25) is 0 Å². The molecule has 0 aliphatic carbocycles. The number of carbonyl (C=O) groups excluding carboxylic acids is 1. The average molecular weight is 265 g/mol. The summed E-state index contributed by atoms with van der Waals surface area (Å²) in [5, 5.41) is 11.4. The van der Waals surface area contributed by atoms with Crippen LogP contribution < -0.4 is 5.32 Å². The molecule has 0 saturated carbocycles. The van der Waals surface area contributed by atoms with Crippen molar-refractivity contribution in [2.75, 3.05) is 0 Å². The monoisotopic (exact) mass is 265 g/mol. The van der Waals surface area contributed by atoms with Crippen molar-refractivity contribution in [1.29, 1.82) is 0 Å². The normalized spacial score (nSPS) is 11.7. The summed E-state index contributed by atoms with van der Waals surface area (Å²) in [6.07, 6.45) is 2.34. The van der Waals surface area contributed by atoms with Gasteiger partial charge in [-0.2, -0.15) is 0 Å². The molecule has 2 N–H and O–H groups in total. The van der Waals surface area contributed by atoms with Gasteiger partial charge in [0.1, 0.15) is 11.9 Å². The van der Waals surface area contributed by atoms with Crippen LogP contribution in [0.1, 0.15) is 28.8 Å². The predicted octanol–water partition coefficient (Wildman–Crippen LogP) is 2.28. The van der Waals surface area contributed by atoms with Crippen molar-refractivity contribution in [3.63, 3.8) is 0 Å². The van der Waals surface area contributed by atoms with Crippen molar-refractivity contribution in [3.05, 3.63) is 47.8 Å². The van der Waals surface area contributed by atoms with E-state index in [4.69, 9.17) is 5.11 Å². The SMILES string of the molecule is C=CCCC(NC(=O)c1ccc(F)cc1C)C(=O)O. The van der Waals surface area contributed by atoms with Crippen molar-refractivity contribution >= 4 is 11.9 Å². The van der Waals surface area contributed by atoms with Crippen LogP contribution in [-0.4, -0.2) is 23.0 Å². The van der Waals surface area contributed by atoms with Crippen LogP contribution in [0.5, 0.6) is 0 Å². The molecule has 0 saturated heterocycles. The third-order valence-corrected chi connectivity index (χ3v) is 2.70. The van der Waals surface area contributed by atoms with Gasteiger partial charge in [-0.1, -0.05) is 6.08 Å². The van der Waals surface area contributed by atoms with E-state index < -0.39 is 23.7 Å². The highest BCUT2D eigenvalue weighted by Crippen LogP contribution is 2.11. The van der Waals surface area contributed by atoms with Gasteiger partial charge >= 0.3 is 5.97 Å². The Morgan fingerprint density at radius 1 is 1.53 bits per heavy atom. The van der Waals surface area contributed by atoms with E-state index in [1.54, 1.807) is 13.0 Å². The third-order valence-electron chi connectivity index (χ3n) is 2.70. The van der Waals surface area contributed by atoms with E-state index in [2.05, 4.69) is 11.9 Å². The Hall–Kier alpha value is -2.17. The maximum Gasteiger partial charge on any atom is 0.326 e. The van der Waals surface area contributed by atoms with Crippen molar-refractivity contribution < 1.29 is 19.1 Å². The first-order chi connectivity index (χ1) is 8.95. The second kappa shape index (κ2) is 6.68. The first-order valence-corrected chi connectivity index (χ1v) is 5.86. The highest BCUT2D eigenvalue weighted by Gasteiger charge is 2.20. The maximum atomic E-state index is 12.9. The lowest BCUT2D eigenvalue weighted by atomic mass is 10.1. The van der Waals surface area contributed by atoms with E-state index in [0.29, 0.717) is 12.0 Å². The summed E-state index contributed by atoms with van der Waals surface area (Å²) < 4.78 is 12.9. The molecule has 0 radical (unpaired) electrons. The van der Waals surface area contributed by atoms with Gasteiger partial charge in [-0.05, 0) is 43.5 Å². The molecule has 0 aliphatic heterocycles. The number of benzene rings is 1. The molecule has 1 aromatic carbocycles. The summed E-state index contributed by atoms with van der Waals surface area (Å²) in [7, 11) is 0. The topological polar surface area (TPSA) is 66.4 Å². The van der Waals surface area contributed by atoms with Gasteiger partial charge in [0.05, 0.1) is 0 Å². The fourth-order valence-electron chi connectivity index (χ4n) is 1.66. The minimum absolute atomic E-state index is 0.269. The Kier molecular flexibility index (Phi) is 5.23. The van der Waals surface area contributed by atoms with Crippen molar-refractivity contribution in [2.45, 2.75) is 25.8 Å². The Morgan fingerprint density at radius 2 is 2.21 bits per heavy atom. The number of halogens is 1. The summed E-state index contributed by atoms with van der Waals surface area (Å²) >= 11 is 0. The van der Waals surface area contributed by atoms with E-state index in [1.165, 1.54) is 18.2 Å². The molecular weight excluding hydrogens is 249 g/mol. The number of carboxylic acids is 1. The van der Waals surface area contributed by atoms with E-state index in [1.807, 2.05) is 0 Å². The van der Waals surface area contributed by atoms with Gasteiger partial charge in [-0.15, -0.1) is 6.58 Å². The second-order valence-corrected chi connectivity index (χ2v) is 4.19. The van der Waals surface area contributed by atoms with Crippen molar-refractivity contribution in [1.82, 2.24) is 5.32 Å². The number of aryl methyl sites for hydroxylation is 1. The van der Waals surface area contributed by atoms with Crippen LogP contribution in [0.4, 0.5) is 4.39 Å². The van der Waals surface area contributed by atoms with Crippen molar-refractivity contribution in [3.8, 4) is 0 Å². The summed E-state index contributed by atoms with van der Waals surface area (Å²) in [5.74, 6) is -2.06. The first kappa shape index (κ1) is 14.9. The molecule has 0 fully saturated rings. The van der Waals surface area contributed by atoms with Gasteiger partial charge in [0, 0.05) is 5.56 Å². The molecule has 1 atom stereocenters. The number of hydrogen-bond acceptors (Lipinski definition) is 2. The number of carboxylic acid groups (broad SMARTS) is 1. The van der Waals surface area contributed by atoms with Crippen LogP contribution in [0.25, 0.3) is 0 Å². The molecule has 0 aromatic heterocycles. The Bertz CT molecular complexity index is 499. The van der Waals surface area contributed by atoms with E-state index in [9.17, 15) is 14.0 Å². The molecular formula is C14H16FNO3. The minimum atomic E-state index is -1.10. The van der Waals surface area contributed by atoms with Gasteiger partial charge in [0.2, 0.25) is 0 Å². The minimum Gasteiger partial charge on any atom is -0.480 e. The van der Waals surface area contributed by atoms with Crippen LogP contribution in [0.3, 0.4) is 0 Å². The molecule has 0 bridgehead atoms. The maximum absolute atomic E-state index is 12.9. The second-order valence-electron chi connectivity index (χ2n) is 4.19. The highest BCUT2D eigenvalue weighted by atomic mass is 19.1.